The zero-order chi connectivity index (χ0) is 12.1. The highest BCUT2D eigenvalue weighted by Gasteiger charge is 2.12. The zero-order valence-electron chi connectivity index (χ0n) is 10.7. The molecule has 0 radical (unpaired) electrons. The molecule has 0 heterocycles. The van der Waals surface area contributed by atoms with Crippen molar-refractivity contribution in [3.8, 4) is 0 Å². The average molecular weight is 221 g/mol. The van der Waals surface area contributed by atoms with Crippen LogP contribution < -0.4 is 5.32 Å². The number of nitrogens with one attached hydrogen (secondary N) is 1. The van der Waals surface area contributed by atoms with E-state index in [4.69, 9.17) is 0 Å². The van der Waals surface area contributed by atoms with E-state index >= 15 is 0 Å². The van der Waals surface area contributed by atoms with Crippen LogP contribution in [0.1, 0.15) is 44.4 Å². The van der Waals surface area contributed by atoms with E-state index in [-0.39, 0.29) is 6.10 Å². The van der Waals surface area contributed by atoms with Crippen LogP contribution in [0.15, 0.2) is 24.3 Å². The Kier molecular flexibility index (Phi) is 4.97. The van der Waals surface area contributed by atoms with Gasteiger partial charge in [0.1, 0.15) is 0 Å². The molecule has 3 atom stereocenters. The van der Waals surface area contributed by atoms with Gasteiger partial charge in [0, 0.05) is 12.1 Å². The topological polar surface area (TPSA) is 32.3 Å². The molecular weight excluding hydrogens is 198 g/mol. The second kappa shape index (κ2) is 6.02. The molecule has 0 spiro atoms. The first-order chi connectivity index (χ1) is 7.50. The van der Waals surface area contributed by atoms with E-state index < -0.39 is 0 Å². The van der Waals surface area contributed by atoms with Crippen LogP contribution in [0.4, 0.5) is 0 Å². The normalized spacial score (nSPS) is 16.8. The summed E-state index contributed by atoms with van der Waals surface area (Å²) in [6, 6.07) is 9.07. The molecule has 0 aliphatic carbocycles. The first-order valence-electron chi connectivity index (χ1n) is 6.00. The first-order valence-corrected chi connectivity index (χ1v) is 6.00. The molecule has 2 nitrogen and oxygen atoms in total. The second-order valence-corrected chi connectivity index (χ2v) is 4.73. The van der Waals surface area contributed by atoms with Gasteiger partial charge in [-0.25, -0.2) is 0 Å². The molecule has 0 aromatic heterocycles. The molecule has 1 aromatic carbocycles. The van der Waals surface area contributed by atoms with Crippen molar-refractivity contribution in [1.82, 2.24) is 5.32 Å². The van der Waals surface area contributed by atoms with Crippen molar-refractivity contribution in [3.63, 3.8) is 0 Å². The summed E-state index contributed by atoms with van der Waals surface area (Å²) in [4.78, 5) is 0. The second-order valence-electron chi connectivity index (χ2n) is 4.73. The number of rotatable bonds is 5. The summed E-state index contributed by atoms with van der Waals surface area (Å²) in [7, 11) is 0. The van der Waals surface area contributed by atoms with Gasteiger partial charge >= 0.3 is 0 Å². The summed E-state index contributed by atoms with van der Waals surface area (Å²) in [6.45, 7) is 8.24. The molecule has 90 valence electrons. The Bertz CT molecular complexity index is 322. The molecule has 0 aliphatic rings. The fourth-order valence-corrected chi connectivity index (χ4v) is 2.17. The van der Waals surface area contributed by atoms with Crippen molar-refractivity contribution in [2.45, 2.75) is 52.3 Å². The highest BCUT2D eigenvalue weighted by molar-refractivity contribution is 5.28. The fourth-order valence-electron chi connectivity index (χ4n) is 2.17. The molecule has 16 heavy (non-hydrogen) atoms. The van der Waals surface area contributed by atoms with Crippen molar-refractivity contribution in [2.24, 2.45) is 0 Å². The van der Waals surface area contributed by atoms with Gasteiger partial charge in [0.2, 0.25) is 0 Å². The molecule has 3 unspecified atom stereocenters. The lowest BCUT2D eigenvalue weighted by Gasteiger charge is -2.22. The molecule has 0 aliphatic heterocycles. The third kappa shape index (κ3) is 3.95. The van der Waals surface area contributed by atoms with Gasteiger partial charge in [-0.2, -0.15) is 0 Å². The number of hydrogen-bond acceptors (Lipinski definition) is 2. The van der Waals surface area contributed by atoms with Gasteiger partial charge in [-0.15, -0.1) is 0 Å². The van der Waals surface area contributed by atoms with Crippen LogP contribution >= 0.6 is 0 Å². The van der Waals surface area contributed by atoms with Gasteiger partial charge in [0.05, 0.1) is 6.10 Å². The fraction of sp³-hybridized carbons (Fsp3) is 0.571. The number of aryl methyl sites for hydroxylation is 1. The van der Waals surface area contributed by atoms with Gasteiger partial charge in [-0.3, -0.25) is 0 Å². The molecule has 0 bridgehead atoms. The number of hydrogen-bond donors (Lipinski definition) is 2. The highest BCUT2D eigenvalue weighted by Crippen LogP contribution is 2.17. The minimum absolute atomic E-state index is 0.244. The van der Waals surface area contributed by atoms with Gasteiger partial charge in [0.15, 0.2) is 0 Å². The van der Waals surface area contributed by atoms with Crippen molar-refractivity contribution in [2.75, 3.05) is 0 Å². The predicted octanol–water partition coefficient (Wildman–Crippen LogP) is 2.81. The largest absolute Gasteiger partial charge is 0.393 e. The van der Waals surface area contributed by atoms with Gasteiger partial charge < -0.3 is 10.4 Å². The quantitative estimate of drug-likeness (QED) is 0.801. The lowest BCUT2D eigenvalue weighted by atomic mass is 10.0. The minimum atomic E-state index is -0.244. The Morgan fingerprint density at radius 3 is 2.38 bits per heavy atom. The molecule has 2 heteroatoms. The van der Waals surface area contributed by atoms with Gasteiger partial charge in [-0.05, 0) is 45.2 Å². The van der Waals surface area contributed by atoms with Crippen LogP contribution in [0, 0.1) is 6.92 Å². The third-order valence-corrected chi connectivity index (χ3v) is 2.88. The van der Waals surface area contributed by atoms with E-state index in [1.54, 1.807) is 0 Å². The molecule has 0 amide bonds. The molecule has 2 N–H and O–H groups in total. The maximum atomic E-state index is 9.32. The van der Waals surface area contributed by atoms with Crippen LogP contribution in [0.3, 0.4) is 0 Å². The monoisotopic (exact) mass is 221 g/mol. The smallest absolute Gasteiger partial charge is 0.0526 e. The highest BCUT2D eigenvalue weighted by atomic mass is 16.3. The Labute approximate surface area is 98.7 Å². The molecule has 0 saturated carbocycles. The number of aliphatic hydroxyl groups excluding tert-OH is 1. The van der Waals surface area contributed by atoms with E-state index in [9.17, 15) is 5.11 Å². The van der Waals surface area contributed by atoms with Crippen LogP contribution in [0.5, 0.6) is 0 Å². The van der Waals surface area contributed by atoms with Crippen molar-refractivity contribution >= 4 is 0 Å². The predicted molar refractivity (Wildman–Crippen MR) is 68.5 cm³/mol. The van der Waals surface area contributed by atoms with Crippen molar-refractivity contribution in [3.05, 3.63) is 35.4 Å². The third-order valence-electron chi connectivity index (χ3n) is 2.88. The van der Waals surface area contributed by atoms with Gasteiger partial charge in [0.25, 0.3) is 0 Å². The summed E-state index contributed by atoms with van der Waals surface area (Å²) in [6.07, 6.45) is 0.544. The lowest BCUT2D eigenvalue weighted by Crippen LogP contribution is -2.31. The summed E-state index contributed by atoms with van der Waals surface area (Å²) in [5, 5.41) is 12.8. The zero-order valence-corrected chi connectivity index (χ0v) is 10.7. The van der Waals surface area contributed by atoms with E-state index in [0.717, 1.165) is 6.42 Å². The molecule has 0 saturated heterocycles. The van der Waals surface area contributed by atoms with Crippen LogP contribution in [-0.2, 0) is 0 Å². The maximum Gasteiger partial charge on any atom is 0.0526 e. The minimum Gasteiger partial charge on any atom is -0.393 e. The summed E-state index contributed by atoms with van der Waals surface area (Å²) in [5.74, 6) is 0. The summed E-state index contributed by atoms with van der Waals surface area (Å²) in [5.41, 5.74) is 2.65. The van der Waals surface area contributed by atoms with Crippen LogP contribution in [-0.4, -0.2) is 17.3 Å². The molecule has 1 aromatic rings. The Hall–Kier alpha value is -0.860. The number of benzene rings is 1. The van der Waals surface area contributed by atoms with Gasteiger partial charge in [-0.1, -0.05) is 24.3 Å². The van der Waals surface area contributed by atoms with E-state index in [0.29, 0.717) is 12.1 Å². The lowest BCUT2D eigenvalue weighted by molar-refractivity contribution is 0.168. The average Bonchev–Trinajstić information content (AvgIpc) is 2.16. The van der Waals surface area contributed by atoms with E-state index in [1.165, 1.54) is 11.1 Å². The van der Waals surface area contributed by atoms with Crippen molar-refractivity contribution in [1.29, 1.82) is 0 Å². The Morgan fingerprint density at radius 2 is 1.81 bits per heavy atom. The summed E-state index contributed by atoms with van der Waals surface area (Å²) >= 11 is 0. The molecular formula is C14H23NO. The summed E-state index contributed by atoms with van der Waals surface area (Å²) < 4.78 is 0. The van der Waals surface area contributed by atoms with Crippen LogP contribution in [0.25, 0.3) is 0 Å². The van der Waals surface area contributed by atoms with E-state index in [2.05, 4.69) is 50.4 Å². The van der Waals surface area contributed by atoms with Crippen molar-refractivity contribution < 1.29 is 5.11 Å². The van der Waals surface area contributed by atoms with Crippen LogP contribution in [0.2, 0.25) is 0 Å². The first kappa shape index (κ1) is 13.2. The standard InChI is InChI=1S/C14H23NO/c1-10-7-5-6-8-14(10)13(4)15-11(2)9-12(3)16/h5-8,11-13,15-16H,9H2,1-4H3. The SMILES string of the molecule is Cc1ccccc1C(C)NC(C)CC(C)O. The Morgan fingerprint density at radius 1 is 1.19 bits per heavy atom. The van der Waals surface area contributed by atoms with E-state index in [1.807, 2.05) is 6.92 Å². The molecule has 1 rings (SSSR count). The molecule has 0 fully saturated rings. The maximum absolute atomic E-state index is 9.32. The number of aliphatic hydroxyl groups is 1. The Balaban J connectivity index is 2.58.